The highest BCUT2D eigenvalue weighted by molar-refractivity contribution is 5.70. The fourth-order valence-corrected chi connectivity index (χ4v) is 3.24. The standard InChI is InChI=1S/C13H23NO2/c1-10-8-12(13(15)16)6-7-14(10)9-11-4-2-3-5-11/h10-12H,2-9H2,1H3,(H,15,16). The Hall–Kier alpha value is -0.570. The molecule has 2 aliphatic rings. The SMILES string of the molecule is CC1CC(C(=O)O)CCN1CC1CCCC1. The largest absolute Gasteiger partial charge is 0.481 e. The molecule has 2 rings (SSSR count). The van der Waals surface area contributed by atoms with E-state index in [4.69, 9.17) is 5.11 Å². The summed E-state index contributed by atoms with van der Waals surface area (Å²) in [7, 11) is 0. The van der Waals surface area contributed by atoms with Crippen molar-refractivity contribution in [3.05, 3.63) is 0 Å². The van der Waals surface area contributed by atoms with E-state index in [1.54, 1.807) is 0 Å². The van der Waals surface area contributed by atoms with E-state index in [9.17, 15) is 4.79 Å². The van der Waals surface area contributed by atoms with Gasteiger partial charge in [0.25, 0.3) is 0 Å². The third kappa shape index (κ3) is 2.76. The first-order chi connectivity index (χ1) is 7.66. The summed E-state index contributed by atoms with van der Waals surface area (Å²) < 4.78 is 0. The molecule has 0 amide bonds. The van der Waals surface area contributed by atoms with Gasteiger partial charge in [-0.3, -0.25) is 4.79 Å². The van der Waals surface area contributed by atoms with Gasteiger partial charge < -0.3 is 10.0 Å². The number of carboxylic acid groups (broad SMARTS) is 1. The lowest BCUT2D eigenvalue weighted by Gasteiger charge is -2.37. The van der Waals surface area contributed by atoms with Crippen molar-refractivity contribution < 1.29 is 9.90 Å². The number of carbonyl (C=O) groups is 1. The molecular formula is C13H23NO2. The van der Waals surface area contributed by atoms with E-state index in [1.165, 1.54) is 32.2 Å². The molecule has 3 heteroatoms. The summed E-state index contributed by atoms with van der Waals surface area (Å²) in [4.78, 5) is 13.4. The van der Waals surface area contributed by atoms with Crippen molar-refractivity contribution in [2.75, 3.05) is 13.1 Å². The summed E-state index contributed by atoms with van der Waals surface area (Å²) in [5.41, 5.74) is 0. The molecule has 1 saturated heterocycles. The Morgan fingerprint density at radius 1 is 1.31 bits per heavy atom. The van der Waals surface area contributed by atoms with Gasteiger partial charge >= 0.3 is 5.97 Å². The number of carboxylic acids is 1. The molecule has 0 radical (unpaired) electrons. The summed E-state index contributed by atoms with van der Waals surface area (Å²) in [5, 5.41) is 9.01. The molecule has 2 fully saturated rings. The van der Waals surface area contributed by atoms with Gasteiger partial charge in [0.1, 0.15) is 0 Å². The van der Waals surface area contributed by atoms with Gasteiger partial charge in [0.05, 0.1) is 5.92 Å². The zero-order valence-electron chi connectivity index (χ0n) is 10.2. The topological polar surface area (TPSA) is 40.5 Å². The molecule has 0 aromatic rings. The van der Waals surface area contributed by atoms with Crippen molar-refractivity contribution in [2.24, 2.45) is 11.8 Å². The first-order valence-electron chi connectivity index (χ1n) is 6.63. The third-order valence-corrected chi connectivity index (χ3v) is 4.33. The predicted octanol–water partition coefficient (Wildman–Crippen LogP) is 2.36. The number of rotatable bonds is 3. The van der Waals surface area contributed by atoms with Gasteiger partial charge in [-0.25, -0.2) is 0 Å². The molecule has 0 aromatic heterocycles. The van der Waals surface area contributed by atoms with Crippen LogP contribution < -0.4 is 0 Å². The average Bonchev–Trinajstić information content (AvgIpc) is 2.73. The molecule has 92 valence electrons. The van der Waals surface area contributed by atoms with E-state index in [1.807, 2.05) is 0 Å². The molecule has 16 heavy (non-hydrogen) atoms. The van der Waals surface area contributed by atoms with Crippen molar-refractivity contribution in [1.82, 2.24) is 4.90 Å². The van der Waals surface area contributed by atoms with Crippen LogP contribution in [0.25, 0.3) is 0 Å². The Kier molecular flexibility index (Phi) is 3.85. The second-order valence-corrected chi connectivity index (χ2v) is 5.55. The minimum atomic E-state index is -0.604. The van der Waals surface area contributed by atoms with E-state index in [2.05, 4.69) is 11.8 Å². The minimum absolute atomic E-state index is 0.102. The lowest BCUT2D eigenvalue weighted by Crippen LogP contribution is -2.44. The lowest BCUT2D eigenvalue weighted by molar-refractivity contribution is -0.144. The van der Waals surface area contributed by atoms with Crippen LogP contribution >= 0.6 is 0 Å². The number of aliphatic carboxylic acids is 1. The van der Waals surface area contributed by atoms with Gasteiger partial charge in [-0.15, -0.1) is 0 Å². The zero-order chi connectivity index (χ0) is 11.5. The summed E-state index contributed by atoms with van der Waals surface area (Å²) in [6, 6.07) is 0.454. The molecule has 1 aliphatic heterocycles. The average molecular weight is 225 g/mol. The van der Waals surface area contributed by atoms with E-state index in [-0.39, 0.29) is 5.92 Å². The van der Waals surface area contributed by atoms with Gasteiger partial charge in [0, 0.05) is 12.6 Å². The number of likely N-dealkylation sites (tertiary alicyclic amines) is 1. The highest BCUT2D eigenvalue weighted by Gasteiger charge is 2.31. The van der Waals surface area contributed by atoms with Crippen molar-refractivity contribution in [2.45, 2.75) is 51.5 Å². The molecule has 1 heterocycles. The minimum Gasteiger partial charge on any atom is -0.481 e. The van der Waals surface area contributed by atoms with Gasteiger partial charge in [0.15, 0.2) is 0 Å². The molecule has 1 saturated carbocycles. The molecule has 0 spiro atoms. The quantitative estimate of drug-likeness (QED) is 0.801. The lowest BCUT2D eigenvalue weighted by atomic mass is 9.91. The predicted molar refractivity (Wildman–Crippen MR) is 63.4 cm³/mol. The zero-order valence-corrected chi connectivity index (χ0v) is 10.2. The normalized spacial score (nSPS) is 33.1. The maximum Gasteiger partial charge on any atom is 0.306 e. The molecule has 1 N–H and O–H groups in total. The van der Waals surface area contributed by atoms with Crippen LogP contribution in [0.15, 0.2) is 0 Å². The van der Waals surface area contributed by atoms with Crippen LogP contribution in [0.4, 0.5) is 0 Å². The van der Waals surface area contributed by atoms with Crippen LogP contribution in [0.2, 0.25) is 0 Å². The fraction of sp³-hybridized carbons (Fsp3) is 0.923. The van der Waals surface area contributed by atoms with Gasteiger partial charge in [0.2, 0.25) is 0 Å². The van der Waals surface area contributed by atoms with Crippen LogP contribution in [-0.4, -0.2) is 35.1 Å². The first-order valence-corrected chi connectivity index (χ1v) is 6.63. The number of nitrogens with zero attached hydrogens (tertiary/aromatic N) is 1. The van der Waals surface area contributed by atoms with Crippen molar-refractivity contribution in [3.8, 4) is 0 Å². The summed E-state index contributed by atoms with van der Waals surface area (Å²) in [6.45, 7) is 4.37. The van der Waals surface area contributed by atoms with Crippen LogP contribution in [0.1, 0.15) is 45.4 Å². The molecule has 2 atom stereocenters. The van der Waals surface area contributed by atoms with E-state index in [0.717, 1.165) is 25.3 Å². The molecule has 0 bridgehead atoms. The Morgan fingerprint density at radius 3 is 2.56 bits per heavy atom. The van der Waals surface area contributed by atoms with E-state index < -0.39 is 5.97 Å². The Morgan fingerprint density at radius 2 is 2.00 bits per heavy atom. The molecule has 3 nitrogen and oxygen atoms in total. The third-order valence-electron chi connectivity index (χ3n) is 4.33. The second-order valence-electron chi connectivity index (χ2n) is 5.55. The second kappa shape index (κ2) is 5.17. The smallest absolute Gasteiger partial charge is 0.306 e. The van der Waals surface area contributed by atoms with Crippen LogP contribution in [0.5, 0.6) is 0 Å². The van der Waals surface area contributed by atoms with Crippen molar-refractivity contribution in [3.63, 3.8) is 0 Å². The van der Waals surface area contributed by atoms with Gasteiger partial charge in [-0.1, -0.05) is 12.8 Å². The molecule has 0 aromatic carbocycles. The van der Waals surface area contributed by atoms with E-state index in [0.29, 0.717) is 6.04 Å². The summed E-state index contributed by atoms with van der Waals surface area (Å²) in [5.74, 6) is 0.172. The molecular weight excluding hydrogens is 202 g/mol. The monoisotopic (exact) mass is 225 g/mol. The molecule has 2 unspecified atom stereocenters. The Bertz CT molecular complexity index is 248. The fourth-order valence-electron chi connectivity index (χ4n) is 3.24. The molecule has 1 aliphatic carbocycles. The first kappa shape index (κ1) is 11.9. The summed E-state index contributed by atoms with van der Waals surface area (Å²) >= 11 is 0. The van der Waals surface area contributed by atoms with Gasteiger partial charge in [-0.2, -0.15) is 0 Å². The van der Waals surface area contributed by atoms with Crippen LogP contribution in [-0.2, 0) is 4.79 Å². The number of hydrogen-bond acceptors (Lipinski definition) is 2. The highest BCUT2D eigenvalue weighted by atomic mass is 16.4. The Labute approximate surface area is 97.8 Å². The number of piperidine rings is 1. The van der Waals surface area contributed by atoms with Crippen molar-refractivity contribution >= 4 is 5.97 Å². The Balaban J connectivity index is 1.81. The summed E-state index contributed by atoms with van der Waals surface area (Å²) in [6.07, 6.45) is 7.22. The maximum absolute atomic E-state index is 10.9. The van der Waals surface area contributed by atoms with Crippen LogP contribution in [0, 0.1) is 11.8 Å². The number of hydrogen-bond donors (Lipinski definition) is 1. The maximum atomic E-state index is 10.9. The van der Waals surface area contributed by atoms with Gasteiger partial charge in [-0.05, 0) is 45.1 Å². The van der Waals surface area contributed by atoms with Crippen LogP contribution in [0.3, 0.4) is 0 Å². The van der Waals surface area contributed by atoms with Crippen molar-refractivity contribution in [1.29, 1.82) is 0 Å². The van der Waals surface area contributed by atoms with E-state index >= 15 is 0 Å². The highest BCUT2D eigenvalue weighted by Crippen LogP contribution is 2.29.